The van der Waals surface area contributed by atoms with Gasteiger partial charge in [-0.25, -0.2) is 0 Å². The Balaban J connectivity index is 2.32. The lowest BCUT2D eigenvalue weighted by Crippen LogP contribution is -2.21. The second-order valence-electron chi connectivity index (χ2n) is 3.91. The van der Waals surface area contributed by atoms with E-state index in [4.69, 9.17) is 16.0 Å². The average molecular weight is 237 g/mol. The molecule has 2 aromatic rings. The highest BCUT2D eigenvalue weighted by Gasteiger charge is 2.18. The van der Waals surface area contributed by atoms with Gasteiger partial charge in [0.2, 0.25) is 0 Å². The molecule has 0 radical (unpaired) electrons. The van der Waals surface area contributed by atoms with Crippen molar-refractivity contribution < 1.29 is 14.7 Å². The van der Waals surface area contributed by atoms with E-state index in [1.165, 1.54) is 0 Å². The summed E-state index contributed by atoms with van der Waals surface area (Å²) in [5.41, 5.74) is 12.0. The minimum absolute atomic E-state index is 0.266. The number of rotatable bonds is 4. The molecule has 0 saturated heterocycles. The zero-order valence-corrected chi connectivity index (χ0v) is 9.21. The Hall–Kier alpha value is -1.63. The highest BCUT2D eigenvalue weighted by Crippen LogP contribution is 2.26. The van der Waals surface area contributed by atoms with Crippen LogP contribution in [0.5, 0.6) is 0 Å². The molecule has 17 heavy (non-hydrogen) atoms. The molecule has 1 aromatic heterocycles. The fourth-order valence-corrected chi connectivity index (χ4v) is 1.71. The maximum absolute atomic E-state index is 9.91. The molecule has 1 aromatic carbocycles. The highest BCUT2D eigenvalue weighted by molar-refractivity contribution is 5.87. The summed E-state index contributed by atoms with van der Waals surface area (Å²) in [5.74, 6) is 0.266. The molecule has 0 aliphatic rings. The van der Waals surface area contributed by atoms with Gasteiger partial charge in [0, 0.05) is 0 Å². The van der Waals surface area contributed by atoms with Gasteiger partial charge in [0.05, 0.1) is 11.5 Å². The fourth-order valence-electron chi connectivity index (χ4n) is 1.71. The number of aliphatic hydroxyl groups excluding tert-OH is 2. The molecule has 0 fully saturated rings. The van der Waals surface area contributed by atoms with Gasteiger partial charge in [-0.3, -0.25) is 0 Å². The minimum Gasteiger partial charge on any atom is -0.390 e. The van der Waals surface area contributed by atoms with Crippen LogP contribution in [0.3, 0.4) is 0 Å². The molecule has 2 atom stereocenters. The van der Waals surface area contributed by atoms with E-state index >= 15 is 0 Å². The van der Waals surface area contributed by atoms with Crippen LogP contribution in [0.2, 0.25) is 0 Å². The van der Waals surface area contributed by atoms with E-state index in [2.05, 4.69) is 5.16 Å². The van der Waals surface area contributed by atoms with Gasteiger partial charge in [-0.05, 0) is 30.7 Å². The van der Waals surface area contributed by atoms with Crippen LogP contribution in [0.25, 0.3) is 11.0 Å². The summed E-state index contributed by atoms with van der Waals surface area (Å²) < 4.78 is 4.95. The van der Waals surface area contributed by atoms with Gasteiger partial charge in [-0.2, -0.15) is 0 Å². The van der Waals surface area contributed by atoms with E-state index in [9.17, 15) is 10.2 Å². The van der Waals surface area contributed by atoms with Crippen LogP contribution in [0.4, 0.5) is 5.82 Å². The van der Waals surface area contributed by atoms with Crippen molar-refractivity contribution in [3.05, 3.63) is 23.8 Å². The smallest absolute Gasteiger partial charge is 0.174 e. The Labute approximate surface area is 97.8 Å². The number of fused-ring (bicyclic) bond motifs is 1. The van der Waals surface area contributed by atoms with Crippen LogP contribution in [0.15, 0.2) is 22.7 Å². The van der Waals surface area contributed by atoms with Gasteiger partial charge in [-0.1, -0.05) is 11.2 Å². The number of aliphatic hydroxyl groups is 2. The monoisotopic (exact) mass is 237 g/mol. The lowest BCUT2D eigenvalue weighted by atomic mass is 10.0. The van der Waals surface area contributed by atoms with Crippen LogP contribution < -0.4 is 11.5 Å². The predicted octanol–water partition coefficient (Wildman–Crippen LogP) is 0.153. The van der Waals surface area contributed by atoms with E-state index in [0.717, 1.165) is 0 Å². The van der Waals surface area contributed by atoms with Crippen molar-refractivity contribution in [2.24, 2.45) is 5.73 Å². The number of anilines is 1. The van der Waals surface area contributed by atoms with Crippen LogP contribution in [0.1, 0.15) is 18.1 Å². The van der Waals surface area contributed by atoms with Gasteiger partial charge >= 0.3 is 0 Å². The SMILES string of the molecule is NCCC(O)C(O)c1ccc2onc(N)c2c1. The van der Waals surface area contributed by atoms with Crippen molar-refractivity contribution in [2.75, 3.05) is 12.3 Å². The van der Waals surface area contributed by atoms with Crippen molar-refractivity contribution in [3.8, 4) is 0 Å². The van der Waals surface area contributed by atoms with E-state index in [1.807, 2.05) is 0 Å². The molecule has 1 heterocycles. The summed E-state index contributed by atoms with van der Waals surface area (Å²) in [6, 6.07) is 4.98. The van der Waals surface area contributed by atoms with E-state index < -0.39 is 12.2 Å². The first-order valence-corrected chi connectivity index (χ1v) is 5.34. The molecule has 0 aliphatic carbocycles. The van der Waals surface area contributed by atoms with Gasteiger partial charge in [0.25, 0.3) is 0 Å². The lowest BCUT2D eigenvalue weighted by Gasteiger charge is -2.17. The van der Waals surface area contributed by atoms with Gasteiger partial charge < -0.3 is 26.2 Å². The van der Waals surface area contributed by atoms with Crippen molar-refractivity contribution in [2.45, 2.75) is 18.6 Å². The molecule has 6 nitrogen and oxygen atoms in total. The lowest BCUT2D eigenvalue weighted by molar-refractivity contribution is 0.0151. The summed E-state index contributed by atoms with van der Waals surface area (Å²) in [6.45, 7) is 0.315. The van der Waals surface area contributed by atoms with E-state index in [-0.39, 0.29) is 5.82 Å². The Kier molecular flexibility index (Phi) is 3.28. The van der Waals surface area contributed by atoms with Crippen molar-refractivity contribution in [1.29, 1.82) is 0 Å². The number of nitrogens with zero attached hydrogens (tertiary/aromatic N) is 1. The molecular weight excluding hydrogens is 222 g/mol. The van der Waals surface area contributed by atoms with E-state index in [1.54, 1.807) is 18.2 Å². The Morgan fingerprint density at radius 1 is 1.35 bits per heavy atom. The second-order valence-corrected chi connectivity index (χ2v) is 3.91. The number of hydrogen-bond donors (Lipinski definition) is 4. The molecule has 2 rings (SSSR count). The van der Waals surface area contributed by atoms with Crippen LogP contribution in [0, 0.1) is 0 Å². The molecule has 0 aliphatic heterocycles. The molecule has 2 unspecified atom stereocenters. The number of hydrogen-bond acceptors (Lipinski definition) is 6. The summed E-state index contributed by atoms with van der Waals surface area (Å²) >= 11 is 0. The first-order chi connectivity index (χ1) is 8.13. The first kappa shape index (κ1) is 11.8. The molecule has 92 valence electrons. The number of nitrogens with two attached hydrogens (primary N) is 2. The average Bonchev–Trinajstić information content (AvgIpc) is 2.70. The maximum Gasteiger partial charge on any atom is 0.174 e. The third-order valence-corrected chi connectivity index (χ3v) is 2.69. The van der Waals surface area contributed by atoms with Crippen LogP contribution in [-0.2, 0) is 0 Å². The largest absolute Gasteiger partial charge is 0.390 e. The summed E-state index contributed by atoms with van der Waals surface area (Å²) in [6.07, 6.45) is -1.55. The number of benzene rings is 1. The third-order valence-electron chi connectivity index (χ3n) is 2.69. The van der Waals surface area contributed by atoms with Crippen LogP contribution >= 0.6 is 0 Å². The first-order valence-electron chi connectivity index (χ1n) is 5.34. The fraction of sp³-hybridized carbons (Fsp3) is 0.364. The zero-order chi connectivity index (χ0) is 12.4. The quantitative estimate of drug-likeness (QED) is 0.601. The van der Waals surface area contributed by atoms with Gasteiger partial charge in [0.1, 0.15) is 6.10 Å². The second kappa shape index (κ2) is 4.70. The number of nitrogen functional groups attached to an aromatic ring is 1. The Morgan fingerprint density at radius 3 is 2.82 bits per heavy atom. The Bertz CT molecular complexity index is 512. The summed E-state index contributed by atoms with van der Waals surface area (Å²) in [7, 11) is 0. The van der Waals surface area contributed by atoms with E-state index in [0.29, 0.717) is 29.5 Å². The molecule has 6 N–H and O–H groups in total. The third kappa shape index (κ3) is 2.23. The number of aromatic nitrogens is 1. The van der Waals surface area contributed by atoms with Crippen molar-refractivity contribution in [1.82, 2.24) is 5.16 Å². The van der Waals surface area contributed by atoms with Gasteiger partial charge in [-0.15, -0.1) is 0 Å². The normalized spacial score (nSPS) is 15.0. The predicted molar refractivity (Wildman–Crippen MR) is 63.1 cm³/mol. The standard InChI is InChI=1S/C11H15N3O3/c12-4-3-8(15)10(16)6-1-2-9-7(5-6)11(13)14-17-9/h1-2,5,8,10,15-16H,3-4,12H2,(H2,13,14). The summed E-state index contributed by atoms with van der Waals surface area (Å²) in [5, 5.41) is 23.8. The molecular formula is C11H15N3O3. The van der Waals surface area contributed by atoms with Crippen molar-refractivity contribution in [3.63, 3.8) is 0 Å². The molecule has 0 saturated carbocycles. The maximum atomic E-state index is 9.91. The molecule has 0 spiro atoms. The molecule has 0 bridgehead atoms. The highest BCUT2D eigenvalue weighted by atomic mass is 16.5. The molecule has 0 amide bonds. The zero-order valence-electron chi connectivity index (χ0n) is 9.21. The Morgan fingerprint density at radius 2 is 2.12 bits per heavy atom. The minimum atomic E-state index is -0.989. The van der Waals surface area contributed by atoms with Crippen molar-refractivity contribution >= 4 is 16.8 Å². The van der Waals surface area contributed by atoms with Crippen LogP contribution in [-0.4, -0.2) is 28.0 Å². The molecule has 6 heteroatoms. The summed E-state index contributed by atoms with van der Waals surface area (Å²) in [4.78, 5) is 0. The van der Waals surface area contributed by atoms with Gasteiger partial charge in [0.15, 0.2) is 11.4 Å². The topological polar surface area (TPSA) is 119 Å².